The van der Waals surface area contributed by atoms with Gasteiger partial charge in [-0.3, -0.25) is 4.79 Å². The van der Waals surface area contributed by atoms with Gasteiger partial charge in [-0.1, -0.05) is 6.92 Å². The van der Waals surface area contributed by atoms with Gasteiger partial charge in [0.15, 0.2) is 9.84 Å². The number of primary amides is 1. The maximum atomic E-state index is 11.3. The molecule has 1 heterocycles. The van der Waals surface area contributed by atoms with E-state index in [-0.39, 0.29) is 11.5 Å². The summed E-state index contributed by atoms with van der Waals surface area (Å²) in [5.74, 6) is -0.672. The molecule has 14 heavy (non-hydrogen) atoms. The van der Waals surface area contributed by atoms with E-state index in [4.69, 9.17) is 5.73 Å². The van der Waals surface area contributed by atoms with E-state index in [0.717, 1.165) is 6.42 Å². The third kappa shape index (κ3) is 2.24. The molecule has 6 heteroatoms. The van der Waals surface area contributed by atoms with Crippen LogP contribution in [0.5, 0.6) is 0 Å². The molecule has 1 saturated heterocycles. The maximum Gasteiger partial charge on any atom is 0.238 e. The number of nitrogens with one attached hydrogen (secondary N) is 1. The molecule has 0 aliphatic carbocycles. The Hall–Kier alpha value is -0.620. The Bertz CT molecular complexity index is 325. The minimum atomic E-state index is -3.09. The molecule has 0 aromatic carbocycles. The SMILES string of the molecule is CCCNC1(C(N)=O)CCS(=O)(=O)C1. The molecule has 82 valence electrons. The molecule has 1 atom stereocenters. The van der Waals surface area contributed by atoms with Crippen molar-refractivity contribution in [2.24, 2.45) is 5.73 Å². The predicted molar refractivity (Wildman–Crippen MR) is 53.5 cm³/mol. The molecule has 0 bridgehead atoms. The van der Waals surface area contributed by atoms with Crippen LogP contribution in [0.2, 0.25) is 0 Å². The Morgan fingerprint density at radius 3 is 2.57 bits per heavy atom. The number of carbonyl (C=O) groups excluding carboxylic acids is 1. The molecule has 1 amide bonds. The molecule has 0 saturated carbocycles. The van der Waals surface area contributed by atoms with Crippen molar-refractivity contribution in [2.45, 2.75) is 25.3 Å². The first-order valence-electron chi connectivity index (χ1n) is 4.67. The van der Waals surface area contributed by atoms with E-state index >= 15 is 0 Å². The second kappa shape index (κ2) is 3.86. The summed E-state index contributed by atoms with van der Waals surface area (Å²) in [4.78, 5) is 11.2. The van der Waals surface area contributed by atoms with E-state index in [1.165, 1.54) is 0 Å². The van der Waals surface area contributed by atoms with Crippen LogP contribution in [0.4, 0.5) is 0 Å². The summed E-state index contributed by atoms with van der Waals surface area (Å²) in [6, 6.07) is 0. The lowest BCUT2D eigenvalue weighted by Crippen LogP contribution is -2.56. The first-order chi connectivity index (χ1) is 6.42. The van der Waals surface area contributed by atoms with Crippen LogP contribution < -0.4 is 11.1 Å². The summed E-state index contributed by atoms with van der Waals surface area (Å²) >= 11 is 0. The summed E-state index contributed by atoms with van der Waals surface area (Å²) in [5.41, 5.74) is 4.21. The van der Waals surface area contributed by atoms with E-state index in [1.807, 2.05) is 6.92 Å². The molecular formula is C8H16N2O3S. The number of nitrogens with two attached hydrogens (primary N) is 1. The topological polar surface area (TPSA) is 89.3 Å². The van der Waals surface area contributed by atoms with Crippen LogP contribution in [0, 0.1) is 0 Å². The number of rotatable bonds is 4. The minimum Gasteiger partial charge on any atom is -0.368 e. The van der Waals surface area contributed by atoms with Crippen molar-refractivity contribution in [3.8, 4) is 0 Å². The van der Waals surface area contributed by atoms with E-state index in [9.17, 15) is 13.2 Å². The molecule has 0 spiro atoms. The fourth-order valence-electron chi connectivity index (χ4n) is 1.63. The van der Waals surface area contributed by atoms with E-state index in [1.54, 1.807) is 0 Å². The number of amides is 1. The predicted octanol–water partition coefficient (Wildman–Crippen LogP) is -0.971. The zero-order valence-electron chi connectivity index (χ0n) is 8.25. The van der Waals surface area contributed by atoms with E-state index < -0.39 is 21.3 Å². The molecule has 1 aliphatic rings. The quantitative estimate of drug-likeness (QED) is 0.638. The normalized spacial score (nSPS) is 30.4. The molecule has 0 aromatic heterocycles. The van der Waals surface area contributed by atoms with Crippen molar-refractivity contribution in [3.63, 3.8) is 0 Å². The number of carbonyl (C=O) groups is 1. The lowest BCUT2D eigenvalue weighted by Gasteiger charge is -2.24. The van der Waals surface area contributed by atoms with Gasteiger partial charge in [0.25, 0.3) is 0 Å². The zero-order chi connectivity index (χ0) is 10.8. The number of hydrogen-bond acceptors (Lipinski definition) is 4. The van der Waals surface area contributed by atoms with Gasteiger partial charge < -0.3 is 11.1 Å². The van der Waals surface area contributed by atoms with Crippen LogP contribution in [0.3, 0.4) is 0 Å². The van der Waals surface area contributed by atoms with Gasteiger partial charge in [-0.25, -0.2) is 8.42 Å². The lowest BCUT2D eigenvalue weighted by atomic mass is 9.98. The highest BCUT2D eigenvalue weighted by Gasteiger charge is 2.46. The fourth-order valence-corrected chi connectivity index (χ4v) is 3.58. The van der Waals surface area contributed by atoms with E-state index in [0.29, 0.717) is 13.0 Å². The van der Waals surface area contributed by atoms with Crippen LogP contribution in [0.1, 0.15) is 19.8 Å². The van der Waals surface area contributed by atoms with Crippen LogP contribution in [0.15, 0.2) is 0 Å². The average molecular weight is 220 g/mol. The van der Waals surface area contributed by atoms with Gasteiger partial charge in [0.2, 0.25) is 5.91 Å². The highest BCUT2D eigenvalue weighted by Crippen LogP contribution is 2.23. The minimum absolute atomic E-state index is 0.0483. The van der Waals surface area contributed by atoms with Gasteiger partial charge >= 0.3 is 0 Å². The number of sulfone groups is 1. The fraction of sp³-hybridized carbons (Fsp3) is 0.875. The molecule has 0 radical (unpaired) electrons. The first kappa shape index (κ1) is 11.5. The molecule has 5 nitrogen and oxygen atoms in total. The second-order valence-electron chi connectivity index (χ2n) is 3.72. The third-order valence-electron chi connectivity index (χ3n) is 2.49. The van der Waals surface area contributed by atoms with Crippen molar-refractivity contribution in [3.05, 3.63) is 0 Å². The zero-order valence-corrected chi connectivity index (χ0v) is 9.06. The van der Waals surface area contributed by atoms with Gasteiger partial charge in [-0.2, -0.15) is 0 Å². The van der Waals surface area contributed by atoms with Crippen molar-refractivity contribution in [1.29, 1.82) is 0 Å². The molecule has 1 aliphatic heterocycles. The van der Waals surface area contributed by atoms with Crippen LogP contribution in [-0.4, -0.2) is 37.9 Å². The van der Waals surface area contributed by atoms with Gasteiger partial charge in [-0.15, -0.1) is 0 Å². The van der Waals surface area contributed by atoms with Gasteiger partial charge in [0, 0.05) is 0 Å². The van der Waals surface area contributed by atoms with Crippen LogP contribution in [-0.2, 0) is 14.6 Å². The van der Waals surface area contributed by atoms with Crippen molar-refractivity contribution < 1.29 is 13.2 Å². The Kier molecular flexibility index (Phi) is 3.16. The summed E-state index contributed by atoms with van der Waals surface area (Å²) in [6.07, 6.45) is 1.14. The molecule has 0 aromatic rings. The summed E-state index contributed by atoms with van der Waals surface area (Å²) < 4.78 is 22.5. The standard InChI is InChI=1S/C8H16N2O3S/c1-2-4-10-8(7(9)11)3-5-14(12,13)6-8/h10H,2-6H2,1H3,(H2,9,11). The van der Waals surface area contributed by atoms with Crippen molar-refractivity contribution in [2.75, 3.05) is 18.1 Å². The van der Waals surface area contributed by atoms with Gasteiger partial charge in [0.1, 0.15) is 5.54 Å². The largest absolute Gasteiger partial charge is 0.368 e. The van der Waals surface area contributed by atoms with Crippen LogP contribution in [0.25, 0.3) is 0 Å². The Morgan fingerprint density at radius 1 is 1.57 bits per heavy atom. The smallest absolute Gasteiger partial charge is 0.238 e. The Labute approximate surface area is 84.0 Å². The monoisotopic (exact) mass is 220 g/mol. The second-order valence-corrected chi connectivity index (χ2v) is 5.90. The third-order valence-corrected chi connectivity index (χ3v) is 4.25. The molecular weight excluding hydrogens is 204 g/mol. The summed E-state index contributed by atoms with van der Waals surface area (Å²) in [6.45, 7) is 2.56. The Balaban J connectivity index is 2.81. The number of hydrogen-bond donors (Lipinski definition) is 2. The molecule has 3 N–H and O–H groups in total. The van der Waals surface area contributed by atoms with Gasteiger partial charge in [0.05, 0.1) is 11.5 Å². The Morgan fingerprint density at radius 2 is 2.21 bits per heavy atom. The molecule has 1 rings (SSSR count). The maximum absolute atomic E-state index is 11.3. The molecule has 1 unspecified atom stereocenters. The first-order valence-corrected chi connectivity index (χ1v) is 6.49. The molecule has 1 fully saturated rings. The average Bonchev–Trinajstić information content (AvgIpc) is 2.40. The van der Waals surface area contributed by atoms with E-state index in [2.05, 4.69) is 5.32 Å². The van der Waals surface area contributed by atoms with Gasteiger partial charge in [-0.05, 0) is 19.4 Å². The lowest BCUT2D eigenvalue weighted by molar-refractivity contribution is -0.123. The summed E-state index contributed by atoms with van der Waals surface area (Å²) in [7, 11) is -3.09. The highest BCUT2D eigenvalue weighted by atomic mass is 32.2. The van der Waals surface area contributed by atoms with Crippen molar-refractivity contribution >= 4 is 15.7 Å². The van der Waals surface area contributed by atoms with Crippen LogP contribution >= 0.6 is 0 Å². The van der Waals surface area contributed by atoms with Crippen molar-refractivity contribution in [1.82, 2.24) is 5.32 Å². The highest BCUT2D eigenvalue weighted by molar-refractivity contribution is 7.91. The summed E-state index contributed by atoms with van der Waals surface area (Å²) in [5, 5.41) is 2.95.